The molecule has 0 saturated heterocycles. The summed E-state index contributed by atoms with van der Waals surface area (Å²) < 4.78 is 40.4. The van der Waals surface area contributed by atoms with Crippen LogP contribution in [0.1, 0.15) is 18.9 Å². The molecule has 0 aliphatic heterocycles. The minimum absolute atomic E-state index is 0.0877. The molecular weight excluding hydrogens is 293 g/mol. The molecular formula is C14H24FN3O2S. The predicted octanol–water partition coefficient (Wildman–Crippen LogP) is 1.68. The van der Waals surface area contributed by atoms with E-state index in [-0.39, 0.29) is 16.1 Å². The van der Waals surface area contributed by atoms with E-state index in [4.69, 9.17) is 5.73 Å². The molecule has 0 heterocycles. The van der Waals surface area contributed by atoms with Crippen LogP contribution in [0.5, 0.6) is 0 Å². The normalized spacial score (nSPS) is 12.3. The molecule has 21 heavy (non-hydrogen) atoms. The third-order valence-electron chi connectivity index (χ3n) is 3.27. The van der Waals surface area contributed by atoms with Crippen LogP contribution in [-0.2, 0) is 10.0 Å². The minimum Gasteiger partial charge on any atom is -0.398 e. The van der Waals surface area contributed by atoms with Gasteiger partial charge in [-0.25, -0.2) is 12.8 Å². The highest BCUT2D eigenvalue weighted by Gasteiger charge is 2.25. The number of rotatable bonds is 7. The number of halogens is 1. The maximum absolute atomic E-state index is 13.8. The molecule has 0 atom stereocenters. The summed E-state index contributed by atoms with van der Waals surface area (Å²) >= 11 is 0. The summed E-state index contributed by atoms with van der Waals surface area (Å²) in [6.07, 6.45) is 0.691. The van der Waals surface area contributed by atoms with Crippen molar-refractivity contribution in [3.05, 3.63) is 23.5 Å². The van der Waals surface area contributed by atoms with Crippen LogP contribution >= 0.6 is 0 Å². The van der Waals surface area contributed by atoms with E-state index in [2.05, 4.69) is 0 Å². The molecule has 0 aromatic heterocycles. The Kier molecular flexibility index (Phi) is 6.12. The number of anilines is 1. The van der Waals surface area contributed by atoms with Gasteiger partial charge in [-0.15, -0.1) is 0 Å². The maximum atomic E-state index is 13.8. The van der Waals surface area contributed by atoms with Crippen molar-refractivity contribution in [3.8, 4) is 0 Å². The van der Waals surface area contributed by atoms with Gasteiger partial charge in [0.15, 0.2) is 0 Å². The molecule has 1 rings (SSSR count). The number of benzene rings is 1. The second-order valence-electron chi connectivity index (χ2n) is 5.33. The lowest BCUT2D eigenvalue weighted by Crippen LogP contribution is -2.37. The van der Waals surface area contributed by atoms with Crippen LogP contribution in [0.3, 0.4) is 0 Å². The number of likely N-dealkylation sites (N-methyl/N-ethyl adjacent to an activating group) is 1. The van der Waals surface area contributed by atoms with Crippen molar-refractivity contribution < 1.29 is 12.8 Å². The Balaban J connectivity index is 3.16. The summed E-state index contributed by atoms with van der Waals surface area (Å²) in [4.78, 5) is 1.82. The second-order valence-corrected chi connectivity index (χ2v) is 7.26. The highest BCUT2D eigenvalue weighted by atomic mass is 32.2. The Bertz CT molecular complexity index is 565. The number of nitrogen functional groups attached to an aromatic ring is 1. The van der Waals surface area contributed by atoms with Gasteiger partial charge >= 0.3 is 0 Å². The number of nitrogens with zero attached hydrogens (tertiary/aromatic N) is 2. The largest absolute Gasteiger partial charge is 0.398 e. The standard InChI is InChI=1S/C14H24FN3O2S/c1-5-6-18(8-7-17(3)4)21(19,20)12-9-13(15)11(2)14(16)10-12/h9-10H,5-8,16H2,1-4H3. The predicted molar refractivity (Wildman–Crippen MR) is 83.2 cm³/mol. The van der Waals surface area contributed by atoms with Crippen LogP contribution in [0, 0.1) is 12.7 Å². The Labute approximate surface area is 126 Å². The third kappa shape index (κ3) is 4.39. The zero-order valence-corrected chi connectivity index (χ0v) is 13.9. The van der Waals surface area contributed by atoms with Crippen molar-refractivity contribution in [1.82, 2.24) is 9.21 Å². The fraction of sp³-hybridized carbons (Fsp3) is 0.571. The molecule has 1 aromatic carbocycles. The molecule has 7 heteroatoms. The van der Waals surface area contributed by atoms with Gasteiger partial charge in [-0.1, -0.05) is 6.92 Å². The van der Waals surface area contributed by atoms with Crippen molar-refractivity contribution in [2.45, 2.75) is 25.2 Å². The zero-order valence-electron chi connectivity index (χ0n) is 13.1. The van der Waals surface area contributed by atoms with Gasteiger partial charge < -0.3 is 10.6 Å². The molecule has 2 N–H and O–H groups in total. The van der Waals surface area contributed by atoms with Gasteiger partial charge in [0.1, 0.15) is 5.82 Å². The van der Waals surface area contributed by atoms with Crippen molar-refractivity contribution in [2.24, 2.45) is 0 Å². The van der Waals surface area contributed by atoms with Gasteiger partial charge in [-0.3, -0.25) is 0 Å². The van der Waals surface area contributed by atoms with Gasteiger partial charge in [0.05, 0.1) is 4.90 Å². The van der Waals surface area contributed by atoms with Crippen LogP contribution in [-0.4, -0.2) is 51.4 Å². The first kappa shape index (κ1) is 17.9. The van der Waals surface area contributed by atoms with Crippen LogP contribution < -0.4 is 5.73 Å². The van der Waals surface area contributed by atoms with Gasteiger partial charge in [-0.05, 0) is 39.6 Å². The first-order valence-corrected chi connectivity index (χ1v) is 8.34. The van der Waals surface area contributed by atoms with E-state index < -0.39 is 15.8 Å². The molecule has 120 valence electrons. The van der Waals surface area contributed by atoms with Gasteiger partial charge in [0.25, 0.3) is 0 Å². The van der Waals surface area contributed by atoms with Crippen molar-refractivity contribution >= 4 is 15.7 Å². The van der Waals surface area contributed by atoms with Crippen molar-refractivity contribution in [2.75, 3.05) is 39.5 Å². The summed E-state index contributed by atoms with van der Waals surface area (Å²) in [5.74, 6) is -0.599. The van der Waals surface area contributed by atoms with Crippen LogP contribution in [0.4, 0.5) is 10.1 Å². The van der Waals surface area contributed by atoms with Crippen LogP contribution in [0.15, 0.2) is 17.0 Å². The van der Waals surface area contributed by atoms with Crippen LogP contribution in [0.2, 0.25) is 0 Å². The average molecular weight is 317 g/mol. The van der Waals surface area contributed by atoms with Gasteiger partial charge in [0, 0.05) is 30.9 Å². The van der Waals surface area contributed by atoms with Crippen molar-refractivity contribution in [1.29, 1.82) is 0 Å². The Hall–Kier alpha value is -1.18. The van der Waals surface area contributed by atoms with E-state index in [1.807, 2.05) is 25.9 Å². The van der Waals surface area contributed by atoms with E-state index >= 15 is 0 Å². The third-order valence-corrected chi connectivity index (χ3v) is 5.14. The summed E-state index contributed by atoms with van der Waals surface area (Å²) in [6, 6.07) is 2.37. The number of nitrogens with two attached hydrogens (primary N) is 1. The fourth-order valence-corrected chi connectivity index (χ4v) is 3.46. The fourth-order valence-electron chi connectivity index (χ4n) is 1.89. The summed E-state index contributed by atoms with van der Waals surface area (Å²) in [5.41, 5.74) is 6.10. The number of sulfonamides is 1. The van der Waals surface area contributed by atoms with E-state index in [1.165, 1.54) is 17.3 Å². The molecule has 5 nitrogen and oxygen atoms in total. The molecule has 0 aliphatic rings. The Morgan fingerprint density at radius 1 is 1.19 bits per heavy atom. The highest BCUT2D eigenvalue weighted by molar-refractivity contribution is 7.89. The zero-order chi connectivity index (χ0) is 16.2. The number of hydrogen-bond acceptors (Lipinski definition) is 4. The Morgan fingerprint density at radius 2 is 1.81 bits per heavy atom. The molecule has 0 spiro atoms. The Morgan fingerprint density at radius 3 is 2.29 bits per heavy atom. The first-order valence-electron chi connectivity index (χ1n) is 6.90. The quantitative estimate of drug-likeness (QED) is 0.777. The summed E-state index contributed by atoms with van der Waals surface area (Å²) in [6.45, 7) is 4.78. The van der Waals surface area contributed by atoms with Gasteiger partial charge in [-0.2, -0.15) is 4.31 Å². The molecule has 0 saturated carbocycles. The molecule has 0 radical (unpaired) electrons. The molecule has 0 fully saturated rings. The smallest absolute Gasteiger partial charge is 0.243 e. The maximum Gasteiger partial charge on any atom is 0.243 e. The van der Waals surface area contributed by atoms with E-state index in [9.17, 15) is 12.8 Å². The van der Waals surface area contributed by atoms with Crippen LogP contribution in [0.25, 0.3) is 0 Å². The summed E-state index contributed by atoms with van der Waals surface area (Å²) in [7, 11) is 0.0166. The average Bonchev–Trinajstić information content (AvgIpc) is 2.39. The van der Waals surface area contributed by atoms with E-state index in [0.717, 1.165) is 6.07 Å². The molecule has 1 aromatic rings. The van der Waals surface area contributed by atoms with E-state index in [0.29, 0.717) is 26.1 Å². The lowest BCUT2D eigenvalue weighted by molar-refractivity contribution is 0.333. The topological polar surface area (TPSA) is 66.6 Å². The highest BCUT2D eigenvalue weighted by Crippen LogP contribution is 2.23. The minimum atomic E-state index is -3.73. The first-order chi connectivity index (χ1) is 9.70. The summed E-state index contributed by atoms with van der Waals surface area (Å²) in [5, 5.41) is 0. The molecule has 0 aliphatic carbocycles. The van der Waals surface area contributed by atoms with Gasteiger partial charge in [0.2, 0.25) is 10.0 Å². The second kappa shape index (κ2) is 7.20. The monoisotopic (exact) mass is 317 g/mol. The lowest BCUT2D eigenvalue weighted by atomic mass is 10.2. The molecule has 0 amide bonds. The van der Waals surface area contributed by atoms with E-state index in [1.54, 1.807) is 0 Å². The molecule has 0 unspecified atom stereocenters. The lowest BCUT2D eigenvalue weighted by Gasteiger charge is -2.23. The SMILES string of the molecule is CCCN(CCN(C)C)S(=O)(=O)c1cc(N)c(C)c(F)c1. The number of hydrogen-bond donors (Lipinski definition) is 1. The van der Waals surface area contributed by atoms with Crippen molar-refractivity contribution in [3.63, 3.8) is 0 Å². The molecule has 0 bridgehead atoms.